The molecule has 1 aliphatic rings. The van der Waals surface area contributed by atoms with Crippen molar-refractivity contribution >= 4 is 11.6 Å². The Balaban J connectivity index is 2.07. The summed E-state index contributed by atoms with van der Waals surface area (Å²) in [6, 6.07) is 4.36. The van der Waals surface area contributed by atoms with Crippen LogP contribution < -0.4 is 16.4 Å². The summed E-state index contributed by atoms with van der Waals surface area (Å²) in [5.74, 6) is -0.497. The fraction of sp³-hybridized carbons (Fsp3) is 0.500. The molecule has 2 atom stereocenters. The molecule has 1 amide bonds. The number of amides is 1. The zero-order chi connectivity index (χ0) is 12.3. The van der Waals surface area contributed by atoms with Gasteiger partial charge in [-0.2, -0.15) is 0 Å². The molecular weight excluding hydrogens is 216 g/mol. The lowest BCUT2D eigenvalue weighted by Gasteiger charge is -2.31. The summed E-state index contributed by atoms with van der Waals surface area (Å²) in [5, 5.41) is 6.84. The van der Waals surface area contributed by atoms with E-state index >= 15 is 0 Å². The van der Waals surface area contributed by atoms with Crippen LogP contribution in [-0.2, 0) is 0 Å². The molecule has 0 aliphatic carbocycles. The van der Waals surface area contributed by atoms with Gasteiger partial charge in [-0.25, -0.2) is 0 Å². The van der Waals surface area contributed by atoms with E-state index in [0.29, 0.717) is 17.8 Å². The first-order valence-corrected chi connectivity index (χ1v) is 5.92. The molecule has 1 aromatic heterocycles. The predicted molar refractivity (Wildman–Crippen MR) is 66.9 cm³/mol. The van der Waals surface area contributed by atoms with Crippen molar-refractivity contribution in [2.75, 3.05) is 11.9 Å². The van der Waals surface area contributed by atoms with Gasteiger partial charge >= 0.3 is 0 Å². The first kappa shape index (κ1) is 11.9. The third-order valence-corrected chi connectivity index (χ3v) is 3.13. The Kier molecular flexibility index (Phi) is 3.58. The van der Waals surface area contributed by atoms with E-state index in [0.717, 1.165) is 25.1 Å². The van der Waals surface area contributed by atoms with Crippen molar-refractivity contribution in [1.29, 1.82) is 0 Å². The second-order valence-electron chi connectivity index (χ2n) is 4.43. The van der Waals surface area contributed by atoms with Crippen LogP contribution in [0.5, 0.6) is 0 Å². The number of nitrogens with zero attached hydrogens (tertiary/aromatic N) is 1. The Morgan fingerprint density at radius 3 is 3.18 bits per heavy atom. The standard InChI is InChI=1S/C12H18N4O/c1-8-10(3-2-5-14-8)16-9-4-6-15-11(7-9)12(13)17/h4,6-8,10,14H,2-3,5H2,1H3,(H2,13,17)(H,15,16). The van der Waals surface area contributed by atoms with Crippen LogP contribution in [0.2, 0.25) is 0 Å². The van der Waals surface area contributed by atoms with Crippen LogP contribution in [0.4, 0.5) is 5.69 Å². The molecule has 1 aromatic rings. The minimum atomic E-state index is -0.497. The maximum Gasteiger partial charge on any atom is 0.267 e. The average Bonchev–Trinajstić information content (AvgIpc) is 2.32. The fourth-order valence-electron chi connectivity index (χ4n) is 2.11. The molecule has 0 saturated carbocycles. The molecule has 17 heavy (non-hydrogen) atoms. The molecule has 92 valence electrons. The highest BCUT2D eigenvalue weighted by Crippen LogP contribution is 2.16. The van der Waals surface area contributed by atoms with Crippen molar-refractivity contribution in [3.05, 3.63) is 24.0 Å². The van der Waals surface area contributed by atoms with Gasteiger partial charge in [0.25, 0.3) is 5.91 Å². The summed E-state index contributed by atoms with van der Waals surface area (Å²) >= 11 is 0. The summed E-state index contributed by atoms with van der Waals surface area (Å²) in [7, 11) is 0. The zero-order valence-corrected chi connectivity index (χ0v) is 9.94. The van der Waals surface area contributed by atoms with Gasteiger partial charge in [0.2, 0.25) is 0 Å². The third kappa shape index (κ3) is 2.94. The molecule has 0 radical (unpaired) electrons. The first-order valence-electron chi connectivity index (χ1n) is 5.92. The molecular formula is C12H18N4O. The van der Waals surface area contributed by atoms with Crippen LogP contribution in [-0.4, -0.2) is 29.5 Å². The molecule has 1 aliphatic heterocycles. The number of primary amides is 1. The van der Waals surface area contributed by atoms with Gasteiger partial charge in [0, 0.05) is 24.0 Å². The summed E-state index contributed by atoms with van der Waals surface area (Å²) in [6.07, 6.45) is 3.89. The number of piperidine rings is 1. The first-order chi connectivity index (χ1) is 8.16. The molecule has 4 N–H and O–H groups in total. The lowest BCUT2D eigenvalue weighted by atomic mass is 9.99. The molecule has 5 nitrogen and oxygen atoms in total. The van der Waals surface area contributed by atoms with E-state index in [9.17, 15) is 4.79 Å². The Morgan fingerprint density at radius 2 is 2.47 bits per heavy atom. The normalized spacial score (nSPS) is 24.3. The van der Waals surface area contributed by atoms with Crippen molar-refractivity contribution in [3.8, 4) is 0 Å². The van der Waals surface area contributed by atoms with Crippen LogP contribution in [0.25, 0.3) is 0 Å². The predicted octanol–water partition coefficient (Wildman–Crippen LogP) is 0.733. The maximum absolute atomic E-state index is 11.0. The zero-order valence-electron chi connectivity index (χ0n) is 9.94. The maximum atomic E-state index is 11.0. The lowest BCUT2D eigenvalue weighted by Crippen LogP contribution is -2.46. The third-order valence-electron chi connectivity index (χ3n) is 3.13. The van der Waals surface area contributed by atoms with Crippen LogP contribution in [0.1, 0.15) is 30.3 Å². The van der Waals surface area contributed by atoms with Gasteiger partial charge in [-0.1, -0.05) is 0 Å². The van der Waals surface area contributed by atoms with E-state index in [-0.39, 0.29) is 0 Å². The number of aromatic nitrogens is 1. The fourth-order valence-corrected chi connectivity index (χ4v) is 2.11. The molecule has 5 heteroatoms. The molecule has 2 heterocycles. The highest BCUT2D eigenvalue weighted by Gasteiger charge is 2.20. The minimum absolute atomic E-state index is 0.298. The van der Waals surface area contributed by atoms with Gasteiger partial charge in [0.15, 0.2) is 0 Å². The van der Waals surface area contributed by atoms with Crippen molar-refractivity contribution < 1.29 is 4.79 Å². The van der Waals surface area contributed by atoms with Crippen LogP contribution >= 0.6 is 0 Å². The van der Waals surface area contributed by atoms with Crippen molar-refractivity contribution in [2.24, 2.45) is 5.73 Å². The molecule has 2 rings (SSSR count). The van der Waals surface area contributed by atoms with Gasteiger partial charge < -0.3 is 16.4 Å². The van der Waals surface area contributed by atoms with Gasteiger partial charge in [-0.05, 0) is 38.4 Å². The van der Waals surface area contributed by atoms with E-state index < -0.39 is 5.91 Å². The quantitative estimate of drug-likeness (QED) is 0.720. The van der Waals surface area contributed by atoms with Crippen LogP contribution in [0.15, 0.2) is 18.3 Å². The average molecular weight is 234 g/mol. The molecule has 0 bridgehead atoms. The number of carbonyl (C=O) groups is 1. The number of hydrogen-bond acceptors (Lipinski definition) is 4. The monoisotopic (exact) mass is 234 g/mol. The Bertz CT molecular complexity index is 407. The van der Waals surface area contributed by atoms with E-state index in [1.807, 2.05) is 6.07 Å². The van der Waals surface area contributed by atoms with Crippen LogP contribution in [0, 0.1) is 0 Å². The minimum Gasteiger partial charge on any atom is -0.381 e. The smallest absolute Gasteiger partial charge is 0.267 e. The molecule has 0 aromatic carbocycles. The number of nitrogens with one attached hydrogen (secondary N) is 2. The highest BCUT2D eigenvalue weighted by molar-refractivity contribution is 5.91. The number of rotatable bonds is 3. The Hall–Kier alpha value is -1.62. The Labute approximate surface area is 101 Å². The summed E-state index contributed by atoms with van der Waals surface area (Å²) in [4.78, 5) is 15.0. The van der Waals surface area contributed by atoms with Crippen molar-refractivity contribution in [1.82, 2.24) is 10.3 Å². The summed E-state index contributed by atoms with van der Waals surface area (Å²) < 4.78 is 0. The number of pyridine rings is 1. The van der Waals surface area contributed by atoms with E-state index in [4.69, 9.17) is 5.73 Å². The number of carbonyl (C=O) groups excluding carboxylic acids is 1. The number of nitrogens with two attached hydrogens (primary N) is 1. The summed E-state index contributed by atoms with van der Waals surface area (Å²) in [5.41, 5.74) is 6.40. The molecule has 1 saturated heterocycles. The van der Waals surface area contributed by atoms with Crippen molar-refractivity contribution in [3.63, 3.8) is 0 Å². The van der Waals surface area contributed by atoms with Crippen LogP contribution in [0.3, 0.4) is 0 Å². The topological polar surface area (TPSA) is 80.0 Å². The van der Waals surface area contributed by atoms with Crippen molar-refractivity contribution in [2.45, 2.75) is 31.8 Å². The molecule has 2 unspecified atom stereocenters. The largest absolute Gasteiger partial charge is 0.381 e. The van der Waals surface area contributed by atoms with E-state index in [1.54, 1.807) is 12.3 Å². The van der Waals surface area contributed by atoms with Gasteiger partial charge in [0.05, 0.1) is 0 Å². The Morgan fingerprint density at radius 1 is 1.65 bits per heavy atom. The highest BCUT2D eigenvalue weighted by atomic mass is 16.1. The molecule has 0 spiro atoms. The number of hydrogen-bond donors (Lipinski definition) is 3. The van der Waals surface area contributed by atoms with Gasteiger partial charge in [0.1, 0.15) is 5.69 Å². The van der Waals surface area contributed by atoms with E-state index in [1.165, 1.54) is 0 Å². The van der Waals surface area contributed by atoms with E-state index in [2.05, 4.69) is 22.5 Å². The SMILES string of the molecule is CC1NCCCC1Nc1ccnc(C(N)=O)c1. The van der Waals surface area contributed by atoms with Gasteiger partial charge in [-0.3, -0.25) is 9.78 Å². The molecule has 1 fully saturated rings. The van der Waals surface area contributed by atoms with Gasteiger partial charge in [-0.15, -0.1) is 0 Å². The number of anilines is 1. The second kappa shape index (κ2) is 5.14. The summed E-state index contributed by atoms with van der Waals surface area (Å²) in [6.45, 7) is 3.23. The lowest BCUT2D eigenvalue weighted by molar-refractivity contribution is 0.0995. The second-order valence-corrected chi connectivity index (χ2v) is 4.43.